The monoisotopic (exact) mass is 374 g/mol. The highest BCUT2D eigenvalue weighted by Gasteiger charge is 2.25. The molecule has 7 heteroatoms. The lowest BCUT2D eigenvalue weighted by atomic mass is 10.2. The van der Waals surface area contributed by atoms with Crippen LogP contribution in [-0.4, -0.2) is 28.0 Å². The molecule has 1 amide bonds. The summed E-state index contributed by atoms with van der Waals surface area (Å²) in [4.78, 5) is 14.0. The van der Waals surface area contributed by atoms with Gasteiger partial charge >= 0.3 is 0 Å². The molecule has 138 valence electrons. The summed E-state index contributed by atoms with van der Waals surface area (Å²) in [7, 11) is -2.21. The molecule has 2 aromatic rings. The van der Waals surface area contributed by atoms with E-state index in [0.29, 0.717) is 35.7 Å². The van der Waals surface area contributed by atoms with Gasteiger partial charge in [0.1, 0.15) is 5.75 Å². The Labute approximate surface area is 153 Å². The van der Waals surface area contributed by atoms with Gasteiger partial charge in [0.05, 0.1) is 23.4 Å². The van der Waals surface area contributed by atoms with E-state index >= 15 is 0 Å². The van der Waals surface area contributed by atoms with E-state index in [4.69, 9.17) is 4.74 Å². The molecule has 0 saturated carbocycles. The number of carbonyl (C=O) groups excluding carboxylic acids is 1. The van der Waals surface area contributed by atoms with Gasteiger partial charge in [0.15, 0.2) is 0 Å². The summed E-state index contributed by atoms with van der Waals surface area (Å²) in [6.07, 6.45) is 1.27. The van der Waals surface area contributed by atoms with Crippen molar-refractivity contribution in [3.05, 3.63) is 47.5 Å². The molecule has 2 aromatic carbocycles. The highest BCUT2D eigenvalue weighted by atomic mass is 32.2. The second-order valence-electron chi connectivity index (χ2n) is 6.41. The van der Waals surface area contributed by atoms with E-state index in [1.54, 1.807) is 42.2 Å². The number of hydrogen-bond acceptors (Lipinski definition) is 4. The molecule has 1 saturated heterocycles. The normalized spacial score (nSPS) is 14.6. The first-order valence-electron chi connectivity index (χ1n) is 8.40. The predicted molar refractivity (Wildman–Crippen MR) is 101 cm³/mol. The van der Waals surface area contributed by atoms with E-state index in [-0.39, 0.29) is 10.8 Å². The predicted octanol–water partition coefficient (Wildman–Crippen LogP) is 3.24. The molecular weight excluding hydrogens is 352 g/mol. The maximum absolute atomic E-state index is 12.8. The van der Waals surface area contributed by atoms with Crippen LogP contribution in [0.5, 0.6) is 5.75 Å². The molecule has 26 heavy (non-hydrogen) atoms. The summed E-state index contributed by atoms with van der Waals surface area (Å²) in [5.41, 5.74) is 2.51. The van der Waals surface area contributed by atoms with Crippen molar-refractivity contribution in [2.75, 3.05) is 23.3 Å². The van der Waals surface area contributed by atoms with Crippen molar-refractivity contribution in [1.82, 2.24) is 0 Å². The van der Waals surface area contributed by atoms with E-state index < -0.39 is 10.0 Å². The fourth-order valence-corrected chi connectivity index (χ4v) is 4.45. The van der Waals surface area contributed by atoms with Gasteiger partial charge in [0.25, 0.3) is 10.0 Å². The maximum atomic E-state index is 12.8. The lowest BCUT2D eigenvalue weighted by molar-refractivity contribution is -0.117. The molecule has 0 bridgehead atoms. The van der Waals surface area contributed by atoms with Crippen LogP contribution in [0.25, 0.3) is 0 Å². The molecule has 1 aliphatic heterocycles. The number of nitrogens with zero attached hydrogens (tertiary/aromatic N) is 1. The molecule has 1 fully saturated rings. The average molecular weight is 374 g/mol. The first-order valence-corrected chi connectivity index (χ1v) is 9.88. The molecular formula is C19H22N2O4S. The third kappa shape index (κ3) is 3.53. The Hall–Kier alpha value is -2.54. The molecule has 0 aromatic heterocycles. The summed E-state index contributed by atoms with van der Waals surface area (Å²) in [6, 6.07) is 10.2. The molecule has 3 rings (SSSR count). The SMILES string of the molecule is COc1ccc(NS(=O)(=O)c2cc(C)ccc2C)cc1N1CCCC1=O. The number of anilines is 2. The number of amides is 1. The molecule has 1 aliphatic rings. The van der Waals surface area contributed by atoms with Crippen LogP contribution < -0.4 is 14.4 Å². The maximum Gasteiger partial charge on any atom is 0.262 e. The highest BCUT2D eigenvalue weighted by Crippen LogP contribution is 2.34. The lowest BCUT2D eigenvalue weighted by Crippen LogP contribution is -2.24. The first-order chi connectivity index (χ1) is 12.3. The van der Waals surface area contributed by atoms with E-state index in [9.17, 15) is 13.2 Å². The summed E-state index contributed by atoms with van der Waals surface area (Å²) in [5, 5.41) is 0. The van der Waals surface area contributed by atoms with Crippen LogP contribution in [0, 0.1) is 13.8 Å². The Bertz CT molecular complexity index is 954. The Morgan fingerprint density at radius 2 is 1.88 bits per heavy atom. The minimum Gasteiger partial charge on any atom is -0.495 e. The van der Waals surface area contributed by atoms with Crippen LogP contribution in [0.1, 0.15) is 24.0 Å². The van der Waals surface area contributed by atoms with Gasteiger partial charge in [-0.1, -0.05) is 12.1 Å². The number of rotatable bonds is 5. The van der Waals surface area contributed by atoms with Crippen LogP contribution in [0.3, 0.4) is 0 Å². The molecule has 0 unspecified atom stereocenters. The smallest absolute Gasteiger partial charge is 0.262 e. The van der Waals surface area contributed by atoms with Crippen LogP contribution in [-0.2, 0) is 14.8 Å². The van der Waals surface area contributed by atoms with Gasteiger partial charge < -0.3 is 9.64 Å². The highest BCUT2D eigenvalue weighted by molar-refractivity contribution is 7.92. The number of hydrogen-bond donors (Lipinski definition) is 1. The minimum atomic E-state index is -3.73. The largest absolute Gasteiger partial charge is 0.495 e. The molecule has 6 nitrogen and oxygen atoms in total. The molecule has 1 heterocycles. The standard InChI is InChI=1S/C19H22N2O4S/c1-13-6-7-14(2)18(11-13)26(23,24)20-15-8-9-17(25-3)16(12-15)21-10-4-5-19(21)22/h6-9,11-12,20H,4-5,10H2,1-3H3. The molecule has 0 radical (unpaired) electrons. The summed E-state index contributed by atoms with van der Waals surface area (Å²) in [5.74, 6) is 0.549. The van der Waals surface area contributed by atoms with Crippen molar-refractivity contribution in [3.63, 3.8) is 0 Å². The Kier molecular flexibility index (Phi) is 4.91. The van der Waals surface area contributed by atoms with Crippen LogP contribution in [0.15, 0.2) is 41.3 Å². The number of carbonyl (C=O) groups is 1. The van der Waals surface area contributed by atoms with E-state index in [1.807, 2.05) is 13.0 Å². The van der Waals surface area contributed by atoms with Crippen molar-refractivity contribution in [2.24, 2.45) is 0 Å². The van der Waals surface area contributed by atoms with Crippen molar-refractivity contribution < 1.29 is 17.9 Å². The number of benzene rings is 2. The first kappa shape index (κ1) is 18.3. The second kappa shape index (κ2) is 6.99. The number of sulfonamides is 1. The van der Waals surface area contributed by atoms with Crippen LogP contribution in [0.4, 0.5) is 11.4 Å². The molecule has 0 spiro atoms. The Morgan fingerprint density at radius 3 is 2.54 bits per heavy atom. The summed E-state index contributed by atoms with van der Waals surface area (Å²) in [6.45, 7) is 4.21. The number of nitrogens with one attached hydrogen (secondary N) is 1. The van der Waals surface area contributed by atoms with E-state index in [0.717, 1.165) is 12.0 Å². The van der Waals surface area contributed by atoms with E-state index in [1.165, 1.54) is 7.11 Å². The molecule has 0 atom stereocenters. The number of aryl methyl sites for hydroxylation is 2. The van der Waals surface area contributed by atoms with Crippen molar-refractivity contribution >= 4 is 27.3 Å². The van der Waals surface area contributed by atoms with Gasteiger partial charge in [-0.05, 0) is 55.7 Å². The van der Waals surface area contributed by atoms with E-state index in [2.05, 4.69) is 4.72 Å². The van der Waals surface area contributed by atoms with Crippen molar-refractivity contribution in [3.8, 4) is 5.75 Å². The van der Waals surface area contributed by atoms with Crippen LogP contribution >= 0.6 is 0 Å². The fraction of sp³-hybridized carbons (Fsp3) is 0.316. The second-order valence-corrected chi connectivity index (χ2v) is 8.06. The van der Waals surface area contributed by atoms with Crippen molar-refractivity contribution in [2.45, 2.75) is 31.6 Å². The quantitative estimate of drug-likeness (QED) is 0.872. The van der Waals surface area contributed by atoms with Crippen LogP contribution in [0.2, 0.25) is 0 Å². The zero-order chi connectivity index (χ0) is 18.9. The fourth-order valence-electron chi connectivity index (χ4n) is 3.07. The average Bonchev–Trinajstić information content (AvgIpc) is 3.02. The third-order valence-corrected chi connectivity index (χ3v) is 5.95. The van der Waals surface area contributed by atoms with Gasteiger partial charge in [-0.2, -0.15) is 0 Å². The number of ether oxygens (including phenoxy) is 1. The molecule has 1 N–H and O–H groups in total. The number of methoxy groups -OCH3 is 1. The van der Waals surface area contributed by atoms with Gasteiger partial charge in [-0.15, -0.1) is 0 Å². The van der Waals surface area contributed by atoms with Gasteiger partial charge in [0.2, 0.25) is 5.91 Å². The summed E-state index contributed by atoms with van der Waals surface area (Å²) < 4.78 is 33.6. The zero-order valence-electron chi connectivity index (χ0n) is 15.1. The zero-order valence-corrected chi connectivity index (χ0v) is 15.9. The Morgan fingerprint density at radius 1 is 1.12 bits per heavy atom. The summed E-state index contributed by atoms with van der Waals surface area (Å²) >= 11 is 0. The van der Waals surface area contributed by atoms with Gasteiger partial charge in [-0.3, -0.25) is 9.52 Å². The minimum absolute atomic E-state index is 0.0119. The van der Waals surface area contributed by atoms with Crippen molar-refractivity contribution in [1.29, 1.82) is 0 Å². The molecule has 0 aliphatic carbocycles. The lowest BCUT2D eigenvalue weighted by Gasteiger charge is -2.20. The van der Waals surface area contributed by atoms with Gasteiger partial charge in [0, 0.05) is 13.0 Å². The third-order valence-electron chi connectivity index (χ3n) is 4.43. The van der Waals surface area contributed by atoms with Gasteiger partial charge in [-0.25, -0.2) is 8.42 Å². The Balaban J connectivity index is 1.97. The topological polar surface area (TPSA) is 75.7 Å².